The zero-order chi connectivity index (χ0) is 28.7. The fourth-order valence-corrected chi connectivity index (χ4v) is 4.45. The van der Waals surface area contributed by atoms with Gasteiger partial charge in [0.15, 0.2) is 0 Å². The zero-order valence-corrected chi connectivity index (χ0v) is 22.8. The van der Waals surface area contributed by atoms with Gasteiger partial charge in [-0.25, -0.2) is 9.59 Å². The van der Waals surface area contributed by atoms with Crippen molar-refractivity contribution in [2.75, 3.05) is 13.1 Å². The molecule has 11 heteroatoms. The Kier molecular flexibility index (Phi) is 10.3. The molecule has 0 spiro atoms. The number of rotatable bonds is 10. The van der Waals surface area contributed by atoms with Crippen molar-refractivity contribution in [3.63, 3.8) is 0 Å². The molecule has 1 aromatic rings. The van der Waals surface area contributed by atoms with Crippen LogP contribution in [0, 0.1) is 5.92 Å². The molecule has 5 N–H and O–H groups in total. The molecule has 0 bridgehead atoms. The van der Waals surface area contributed by atoms with E-state index < -0.39 is 59.3 Å². The number of likely N-dealkylation sites (tertiary alicyclic amines) is 1. The lowest BCUT2D eigenvalue weighted by molar-refractivity contribution is -0.144. The molecule has 1 aromatic carbocycles. The Morgan fingerprint density at radius 3 is 2.13 bits per heavy atom. The number of hydrogen-bond acceptors (Lipinski definition) is 6. The first-order valence-corrected chi connectivity index (χ1v) is 12.9. The molecule has 3 atom stereocenters. The molecule has 4 amide bonds. The fourth-order valence-electron chi connectivity index (χ4n) is 4.45. The maximum absolute atomic E-state index is 13.9. The summed E-state index contributed by atoms with van der Waals surface area (Å²) < 4.78 is 5.49. The highest BCUT2D eigenvalue weighted by Gasteiger charge is 2.46. The van der Waals surface area contributed by atoms with Crippen LogP contribution in [0.3, 0.4) is 0 Å². The first-order valence-electron chi connectivity index (χ1n) is 12.9. The number of amides is 4. The Labute approximate surface area is 223 Å². The van der Waals surface area contributed by atoms with Gasteiger partial charge in [-0.1, -0.05) is 50.6 Å². The average Bonchev–Trinajstić information content (AvgIpc) is 2.85. The molecular weight excluding hydrogens is 492 g/mol. The average molecular weight is 533 g/mol. The van der Waals surface area contributed by atoms with E-state index in [0.29, 0.717) is 19.3 Å². The van der Waals surface area contributed by atoms with Gasteiger partial charge in [-0.2, -0.15) is 0 Å². The van der Waals surface area contributed by atoms with Gasteiger partial charge in [0.05, 0.1) is 11.8 Å². The van der Waals surface area contributed by atoms with Gasteiger partial charge in [-0.3, -0.25) is 14.4 Å². The van der Waals surface area contributed by atoms with E-state index in [9.17, 15) is 29.1 Å². The molecule has 1 fully saturated rings. The van der Waals surface area contributed by atoms with Crippen molar-refractivity contribution in [1.82, 2.24) is 15.5 Å². The summed E-state index contributed by atoms with van der Waals surface area (Å²) in [6, 6.07) is 6.61. The lowest BCUT2D eigenvalue weighted by Gasteiger charge is -2.42. The van der Waals surface area contributed by atoms with Gasteiger partial charge in [0.25, 0.3) is 0 Å². The Hall–Kier alpha value is -3.63. The zero-order valence-electron chi connectivity index (χ0n) is 22.8. The number of nitrogens with zero attached hydrogens (tertiary/aromatic N) is 1. The lowest BCUT2D eigenvalue weighted by Crippen LogP contribution is -2.60. The fraction of sp³-hybridized carbons (Fsp3) is 0.593. The van der Waals surface area contributed by atoms with Crippen LogP contribution < -0.4 is 16.4 Å². The molecule has 0 radical (unpaired) electrons. The summed E-state index contributed by atoms with van der Waals surface area (Å²) in [6.45, 7) is 9.53. The number of piperidine rings is 1. The summed E-state index contributed by atoms with van der Waals surface area (Å²) >= 11 is 0. The Morgan fingerprint density at radius 1 is 1.08 bits per heavy atom. The largest absolute Gasteiger partial charge is 0.480 e. The molecule has 1 saturated heterocycles. The van der Waals surface area contributed by atoms with Crippen LogP contribution >= 0.6 is 0 Å². The van der Waals surface area contributed by atoms with Gasteiger partial charge < -0.3 is 31.1 Å². The Bertz CT molecular complexity index is 1010. The first-order chi connectivity index (χ1) is 17.7. The van der Waals surface area contributed by atoms with Gasteiger partial charge in [0.1, 0.15) is 17.7 Å². The van der Waals surface area contributed by atoms with E-state index in [0.717, 1.165) is 5.56 Å². The Morgan fingerprint density at radius 2 is 1.66 bits per heavy atom. The van der Waals surface area contributed by atoms with Crippen LogP contribution in [0.2, 0.25) is 0 Å². The van der Waals surface area contributed by atoms with Crippen LogP contribution in [-0.2, 0) is 29.3 Å². The highest BCUT2D eigenvalue weighted by Crippen LogP contribution is 2.36. The number of primary amides is 1. The van der Waals surface area contributed by atoms with Gasteiger partial charge in [0, 0.05) is 13.1 Å². The summed E-state index contributed by atoms with van der Waals surface area (Å²) in [5.74, 6) is -3.72. The van der Waals surface area contributed by atoms with Crippen molar-refractivity contribution < 1.29 is 33.8 Å². The third kappa shape index (κ3) is 7.93. The van der Waals surface area contributed by atoms with Gasteiger partial charge in [-0.05, 0) is 45.1 Å². The molecule has 1 aliphatic heterocycles. The van der Waals surface area contributed by atoms with Gasteiger partial charge >= 0.3 is 12.1 Å². The lowest BCUT2D eigenvalue weighted by atomic mass is 9.71. The second-order valence-corrected chi connectivity index (χ2v) is 10.8. The standard InChI is InChI=1S/C27H40N4O7/c1-6-17(2)21(22(33)29-19(23(34)35)16-20(28)32)30-24(36)27(18-10-8-7-9-11-18)12-14-31(15-13-27)25(37)38-26(3,4)5/h7-11,17,19,21H,6,12-16H2,1-5H3,(H2,28,32)(H,29,33)(H,30,36)(H,34,35). The van der Waals surface area contributed by atoms with Crippen molar-refractivity contribution in [2.45, 2.75) is 83.4 Å². The van der Waals surface area contributed by atoms with E-state index in [1.54, 1.807) is 32.6 Å². The number of carboxylic acid groups (broad SMARTS) is 1. The van der Waals surface area contributed by atoms with E-state index >= 15 is 0 Å². The van der Waals surface area contributed by atoms with E-state index in [-0.39, 0.29) is 19.0 Å². The minimum atomic E-state index is -1.51. The van der Waals surface area contributed by atoms with Gasteiger partial charge in [-0.15, -0.1) is 0 Å². The van der Waals surface area contributed by atoms with Crippen LogP contribution in [0.4, 0.5) is 4.79 Å². The molecule has 210 valence electrons. The molecule has 2 rings (SSSR count). The highest BCUT2D eigenvalue weighted by molar-refractivity contribution is 5.95. The van der Waals surface area contributed by atoms with Crippen LogP contribution in [0.15, 0.2) is 30.3 Å². The summed E-state index contributed by atoms with van der Waals surface area (Å²) in [4.78, 5) is 64.2. The number of carbonyl (C=O) groups excluding carboxylic acids is 4. The van der Waals surface area contributed by atoms with Crippen molar-refractivity contribution >= 4 is 29.8 Å². The summed E-state index contributed by atoms with van der Waals surface area (Å²) in [7, 11) is 0. The number of ether oxygens (including phenoxy) is 1. The van der Waals surface area contributed by atoms with Crippen molar-refractivity contribution in [3.05, 3.63) is 35.9 Å². The van der Waals surface area contributed by atoms with Crippen LogP contribution in [0.1, 0.15) is 65.9 Å². The number of hydrogen-bond donors (Lipinski definition) is 4. The van der Waals surface area contributed by atoms with Crippen LogP contribution in [0.5, 0.6) is 0 Å². The number of aliphatic carboxylic acids is 1. The summed E-state index contributed by atoms with van der Waals surface area (Å²) in [5.41, 5.74) is 4.21. The number of nitrogens with one attached hydrogen (secondary N) is 2. The molecule has 38 heavy (non-hydrogen) atoms. The predicted octanol–water partition coefficient (Wildman–Crippen LogP) is 1.93. The SMILES string of the molecule is CCC(C)C(NC(=O)C1(c2ccccc2)CCN(C(=O)OC(C)(C)C)CC1)C(=O)NC(CC(N)=O)C(=O)O. The topological polar surface area (TPSA) is 168 Å². The normalized spacial score (nSPS) is 17.4. The smallest absolute Gasteiger partial charge is 0.410 e. The first kappa shape index (κ1) is 30.6. The minimum Gasteiger partial charge on any atom is -0.480 e. The third-order valence-corrected chi connectivity index (χ3v) is 6.83. The number of benzene rings is 1. The molecular formula is C27H40N4O7. The molecule has 11 nitrogen and oxygen atoms in total. The molecule has 1 heterocycles. The van der Waals surface area contributed by atoms with Crippen molar-refractivity contribution in [1.29, 1.82) is 0 Å². The molecule has 1 aliphatic rings. The molecule has 0 aromatic heterocycles. The summed E-state index contributed by atoms with van der Waals surface area (Å²) in [5, 5.41) is 14.6. The minimum absolute atomic E-state index is 0.275. The third-order valence-electron chi connectivity index (χ3n) is 6.83. The maximum Gasteiger partial charge on any atom is 0.410 e. The molecule has 3 unspecified atom stereocenters. The quantitative estimate of drug-likeness (QED) is 0.357. The van der Waals surface area contributed by atoms with Crippen molar-refractivity contribution in [3.8, 4) is 0 Å². The maximum atomic E-state index is 13.9. The monoisotopic (exact) mass is 532 g/mol. The second kappa shape index (κ2) is 12.7. The predicted molar refractivity (Wildman–Crippen MR) is 140 cm³/mol. The number of nitrogens with two attached hydrogens (primary N) is 1. The van der Waals surface area contributed by atoms with Crippen LogP contribution in [0.25, 0.3) is 0 Å². The number of carbonyl (C=O) groups is 5. The molecule has 0 saturated carbocycles. The second-order valence-electron chi connectivity index (χ2n) is 10.8. The summed E-state index contributed by atoms with van der Waals surface area (Å²) in [6.07, 6.45) is 0.103. The van der Waals surface area contributed by atoms with Crippen molar-refractivity contribution in [2.24, 2.45) is 11.7 Å². The van der Waals surface area contributed by atoms with Crippen LogP contribution in [-0.4, -0.2) is 70.6 Å². The van der Waals surface area contributed by atoms with E-state index in [1.807, 2.05) is 37.3 Å². The highest BCUT2D eigenvalue weighted by atomic mass is 16.6. The Balaban J connectivity index is 2.31. The van der Waals surface area contributed by atoms with E-state index in [2.05, 4.69) is 10.6 Å². The molecule has 0 aliphatic carbocycles. The van der Waals surface area contributed by atoms with E-state index in [4.69, 9.17) is 10.5 Å². The number of carboxylic acids is 1. The van der Waals surface area contributed by atoms with Gasteiger partial charge in [0.2, 0.25) is 17.7 Å². The van der Waals surface area contributed by atoms with E-state index in [1.165, 1.54) is 0 Å².